The lowest BCUT2D eigenvalue weighted by molar-refractivity contribution is -0.124. The fourth-order valence-electron chi connectivity index (χ4n) is 3.16. The summed E-state index contributed by atoms with van der Waals surface area (Å²) in [7, 11) is 0. The van der Waals surface area contributed by atoms with Crippen LogP contribution in [0.2, 0.25) is 0 Å². The molecule has 1 fully saturated rings. The van der Waals surface area contributed by atoms with E-state index in [0.717, 1.165) is 25.7 Å². The van der Waals surface area contributed by atoms with Crippen LogP contribution in [0.4, 0.5) is 0 Å². The Morgan fingerprint density at radius 3 is 2.20 bits per heavy atom. The van der Waals surface area contributed by atoms with Gasteiger partial charge in [0.05, 0.1) is 0 Å². The highest BCUT2D eigenvalue weighted by atomic mass is 16.1. The summed E-state index contributed by atoms with van der Waals surface area (Å²) in [6.07, 6.45) is 3.73. The first-order chi connectivity index (χ1) is 9.67. The van der Waals surface area contributed by atoms with E-state index < -0.39 is 0 Å². The third-order valence-corrected chi connectivity index (χ3v) is 4.46. The lowest BCUT2D eigenvalue weighted by Gasteiger charge is -2.21. The van der Waals surface area contributed by atoms with Crippen molar-refractivity contribution in [1.29, 1.82) is 0 Å². The van der Waals surface area contributed by atoms with E-state index in [1.807, 2.05) is 6.07 Å². The number of rotatable bonds is 3. The molecule has 2 aromatic carbocycles. The molecule has 0 heterocycles. The molecular weight excluding hydrogens is 244 g/mol. The molecule has 1 unspecified atom stereocenters. The van der Waals surface area contributed by atoms with Crippen LogP contribution in [-0.4, -0.2) is 5.78 Å². The maximum absolute atomic E-state index is 12.0. The van der Waals surface area contributed by atoms with Crippen molar-refractivity contribution >= 4 is 5.78 Å². The molecule has 0 saturated heterocycles. The predicted octanol–water partition coefficient (Wildman–Crippen LogP) is 4.66. The third kappa shape index (κ3) is 2.53. The normalized spacial score (nSPS) is 22.1. The Morgan fingerprint density at radius 2 is 1.60 bits per heavy atom. The molecule has 102 valence electrons. The van der Waals surface area contributed by atoms with Gasteiger partial charge in [-0.05, 0) is 36.0 Å². The molecule has 1 aliphatic carbocycles. The second kappa shape index (κ2) is 5.24. The Morgan fingerprint density at radius 1 is 0.950 bits per heavy atom. The van der Waals surface area contributed by atoms with Crippen LogP contribution in [0.25, 0.3) is 11.1 Å². The molecule has 1 saturated carbocycles. The van der Waals surface area contributed by atoms with Gasteiger partial charge in [0, 0.05) is 11.8 Å². The molecule has 1 aliphatic rings. The number of ketones is 1. The zero-order chi connectivity index (χ0) is 14.0. The smallest absolute Gasteiger partial charge is 0.139 e. The van der Waals surface area contributed by atoms with E-state index in [1.165, 1.54) is 16.7 Å². The molecule has 20 heavy (non-hydrogen) atoms. The van der Waals surface area contributed by atoms with Crippen molar-refractivity contribution < 1.29 is 4.79 Å². The number of hydrogen-bond donors (Lipinski definition) is 0. The van der Waals surface area contributed by atoms with E-state index in [1.54, 1.807) is 0 Å². The summed E-state index contributed by atoms with van der Waals surface area (Å²) in [5.74, 6) is 0.435. The maximum Gasteiger partial charge on any atom is 0.139 e. The third-order valence-electron chi connectivity index (χ3n) is 4.46. The largest absolute Gasteiger partial charge is 0.299 e. The summed E-state index contributed by atoms with van der Waals surface area (Å²) in [5.41, 5.74) is 3.61. The minimum atomic E-state index is -0.131. The van der Waals surface area contributed by atoms with Crippen molar-refractivity contribution in [2.45, 2.75) is 32.6 Å². The Hall–Kier alpha value is -1.89. The van der Waals surface area contributed by atoms with Crippen LogP contribution >= 0.6 is 0 Å². The fourth-order valence-corrected chi connectivity index (χ4v) is 3.16. The number of carbonyl (C=O) groups excluding carboxylic acids is 1. The van der Waals surface area contributed by atoms with Gasteiger partial charge in [0.25, 0.3) is 0 Å². The highest BCUT2D eigenvalue weighted by Gasteiger charge is 2.37. The second-order valence-electron chi connectivity index (χ2n) is 6.08. The highest BCUT2D eigenvalue weighted by Crippen LogP contribution is 2.37. The van der Waals surface area contributed by atoms with E-state index in [2.05, 4.69) is 55.5 Å². The highest BCUT2D eigenvalue weighted by molar-refractivity contribution is 5.86. The Balaban J connectivity index is 1.79. The zero-order valence-electron chi connectivity index (χ0n) is 11.9. The van der Waals surface area contributed by atoms with Gasteiger partial charge in [-0.1, -0.05) is 61.5 Å². The summed E-state index contributed by atoms with van der Waals surface area (Å²) < 4.78 is 0. The SMILES string of the molecule is CC1(Cc2ccc(-c3ccccc3)cc2)CCCC1=O. The van der Waals surface area contributed by atoms with Crippen LogP contribution in [0, 0.1) is 5.41 Å². The quantitative estimate of drug-likeness (QED) is 0.788. The molecule has 0 spiro atoms. The van der Waals surface area contributed by atoms with Crippen LogP contribution < -0.4 is 0 Å². The van der Waals surface area contributed by atoms with Crippen LogP contribution in [0.3, 0.4) is 0 Å². The van der Waals surface area contributed by atoms with Crippen LogP contribution in [-0.2, 0) is 11.2 Å². The number of benzene rings is 2. The molecule has 1 nitrogen and oxygen atoms in total. The van der Waals surface area contributed by atoms with Gasteiger partial charge in [-0.25, -0.2) is 0 Å². The summed E-state index contributed by atoms with van der Waals surface area (Å²) in [4.78, 5) is 12.0. The van der Waals surface area contributed by atoms with E-state index in [9.17, 15) is 4.79 Å². The maximum atomic E-state index is 12.0. The van der Waals surface area contributed by atoms with Crippen molar-refractivity contribution in [3.63, 3.8) is 0 Å². The van der Waals surface area contributed by atoms with Crippen molar-refractivity contribution in [2.24, 2.45) is 5.41 Å². The summed E-state index contributed by atoms with van der Waals surface area (Å²) in [6, 6.07) is 19.0. The standard InChI is InChI=1S/C19H20O/c1-19(13-5-8-18(19)20)14-15-9-11-17(12-10-15)16-6-3-2-4-7-16/h2-4,6-7,9-12H,5,8,13-14H2,1H3. The molecule has 0 aromatic heterocycles. The monoisotopic (exact) mass is 264 g/mol. The number of Topliss-reactive ketones (excluding diaryl/α,β-unsaturated/α-hetero) is 1. The van der Waals surface area contributed by atoms with Crippen LogP contribution in [0.1, 0.15) is 31.7 Å². The van der Waals surface area contributed by atoms with E-state index in [4.69, 9.17) is 0 Å². The Bertz CT molecular complexity index is 597. The molecule has 0 amide bonds. The molecular formula is C19H20O. The molecule has 0 bridgehead atoms. The summed E-state index contributed by atoms with van der Waals surface area (Å²) in [5, 5.41) is 0. The van der Waals surface area contributed by atoms with E-state index in [-0.39, 0.29) is 5.41 Å². The van der Waals surface area contributed by atoms with Gasteiger partial charge in [0.1, 0.15) is 5.78 Å². The van der Waals surface area contributed by atoms with E-state index in [0.29, 0.717) is 5.78 Å². The van der Waals surface area contributed by atoms with Crippen LogP contribution in [0.15, 0.2) is 54.6 Å². The molecule has 0 radical (unpaired) electrons. The molecule has 0 N–H and O–H groups in total. The van der Waals surface area contributed by atoms with Crippen molar-refractivity contribution in [1.82, 2.24) is 0 Å². The number of carbonyl (C=O) groups is 1. The minimum absolute atomic E-state index is 0.131. The molecule has 3 rings (SSSR count). The lowest BCUT2D eigenvalue weighted by atomic mass is 9.81. The first kappa shape index (κ1) is 13.1. The molecule has 1 atom stereocenters. The zero-order valence-corrected chi connectivity index (χ0v) is 11.9. The van der Waals surface area contributed by atoms with Gasteiger partial charge >= 0.3 is 0 Å². The van der Waals surface area contributed by atoms with Crippen molar-refractivity contribution in [2.75, 3.05) is 0 Å². The first-order valence-corrected chi connectivity index (χ1v) is 7.35. The molecule has 1 heteroatoms. The molecule has 2 aromatic rings. The van der Waals surface area contributed by atoms with Crippen molar-refractivity contribution in [3.8, 4) is 11.1 Å². The molecule has 0 aliphatic heterocycles. The first-order valence-electron chi connectivity index (χ1n) is 7.35. The topological polar surface area (TPSA) is 17.1 Å². The van der Waals surface area contributed by atoms with Gasteiger partial charge in [0.2, 0.25) is 0 Å². The predicted molar refractivity (Wildman–Crippen MR) is 82.5 cm³/mol. The Kier molecular flexibility index (Phi) is 3.43. The van der Waals surface area contributed by atoms with Gasteiger partial charge < -0.3 is 0 Å². The van der Waals surface area contributed by atoms with Gasteiger partial charge in [-0.3, -0.25) is 4.79 Å². The minimum Gasteiger partial charge on any atom is -0.299 e. The average molecular weight is 264 g/mol. The number of hydrogen-bond acceptors (Lipinski definition) is 1. The summed E-state index contributed by atoms with van der Waals surface area (Å²) >= 11 is 0. The van der Waals surface area contributed by atoms with Crippen molar-refractivity contribution in [3.05, 3.63) is 60.2 Å². The second-order valence-corrected chi connectivity index (χ2v) is 6.08. The lowest BCUT2D eigenvalue weighted by Crippen LogP contribution is -2.24. The van der Waals surface area contributed by atoms with Gasteiger partial charge in [-0.2, -0.15) is 0 Å². The average Bonchev–Trinajstić information content (AvgIpc) is 2.80. The fraction of sp³-hybridized carbons (Fsp3) is 0.316. The van der Waals surface area contributed by atoms with Gasteiger partial charge in [0.15, 0.2) is 0 Å². The van der Waals surface area contributed by atoms with Crippen LogP contribution in [0.5, 0.6) is 0 Å². The van der Waals surface area contributed by atoms with E-state index >= 15 is 0 Å². The summed E-state index contributed by atoms with van der Waals surface area (Å²) in [6.45, 7) is 2.12. The Labute approximate surface area is 120 Å². The van der Waals surface area contributed by atoms with Gasteiger partial charge in [-0.15, -0.1) is 0 Å².